The molecular weight excluding hydrogens is 412 g/mol. The first-order valence-corrected chi connectivity index (χ1v) is 11.6. The molecule has 0 saturated carbocycles. The quantitative estimate of drug-likeness (QED) is 0.451. The molecule has 3 aromatic carbocycles. The van der Waals surface area contributed by atoms with Crippen LogP contribution in [0.3, 0.4) is 0 Å². The molecule has 1 aliphatic rings. The van der Waals surface area contributed by atoms with E-state index < -0.39 is 0 Å². The molecule has 0 fully saturated rings. The number of fused-ring (bicyclic) bond motifs is 2. The average Bonchev–Trinajstić information content (AvgIpc) is 3.01. The van der Waals surface area contributed by atoms with Crippen LogP contribution in [-0.2, 0) is 24.0 Å². The second-order valence-corrected chi connectivity index (χ2v) is 8.36. The number of ether oxygens (including phenoxy) is 2. The van der Waals surface area contributed by atoms with Crippen molar-refractivity contribution in [2.24, 2.45) is 0 Å². The Kier molecular flexibility index (Phi) is 7.51. The van der Waals surface area contributed by atoms with Gasteiger partial charge in [-0.15, -0.1) is 0 Å². The third-order valence-corrected chi connectivity index (χ3v) is 6.20. The normalized spacial score (nSPS) is 12.4. The lowest BCUT2D eigenvalue weighted by atomic mass is 10.0. The molecule has 33 heavy (non-hydrogen) atoms. The number of carbonyl (C=O) groups excluding carboxylic acids is 1. The summed E-state index contributed by atoms with van der Waals surface area (Å²) in [5.41, 5.74) is 6.32. The van der Waals surface area contributed by atoms with Crippen LogP contribution < -0.4 is 9.64 Å². The fourth-order valence-corrected chi connectivity index (χ4v) is 4.44. The molecule has 5 heteroatoms. The first-order valence-electron chi connectivity index (χ1n) is 11.6. The van der Waals surface area contributed by atoms with Gasteiger partial charge in [0.05, 0.1) is 13.7 Å². The SMILES string of the molecule is COc1ccccc1CCOC(=O)N(C)CCCN1c2ccccc2CCc2ccccc21. The molecule has 3 aromatic rings. The van der Waals surface area contributed by atoms with E-state index in [1.165, 1.54) is 22.5 Å². The number of para-hydroxylation sites is 3. The second-order valence-electron chi connectivity index (χ2n) is 8.36. The molecule has 0 spiro atoms. The van der Waals surface area contributed by atoms with Gasteiger partial charge in [-0.05, 0) is 54.2 Å². The molecule has 4 rings (SSSR count). The maximum absolute atomic E-state index is 12.5. The van der Waals surface area contributed by atoms with Crippen molar-refractivity contribution in [3.05, 3.63) is 89.5 Å². The number of benzene rings is 3. The maximum atomic E-state index is 12.5. The summed E-state index contributed by atoms with van der Waals surface area (Å²) in [6, 6.07) is 25.1. The molecular formula is C28H32N2O3. The highest BCUT2D eigenvalue weighted by atomic mass is 16.6. The summed E-state index contributed by atoms with van der Waals surface area (Å²) in [7, 11) is 3.45. The predicted molar refractivity (Wildman–Crippen MR) is 133 cm³/mol. The van der Waals surface area contributed by atoms with Gasteiger partial charge in [-0.2, -0.15) is 0 Å². The maximum Gasteiger partial charge on any atom is 0.409 e. The Hall–Kier alpha value is -3.47. The number of hydrogen-bond donors (Lipinski definition) is 0. The summed E-state index contributed by atoms with van der Waals surface area (Å²) in [5, 5.41) is 0. The molecule has 0 N–H and O–H groups in total. The summed E-state index contributed by atoms with van der Waals surface area (Å²) in [6.45, 7) is 1.80. The van der Waals surface area contributed by atoms with Crippen molar-refractivity contribution in [2.75, 3.05) is 38.8 Å². The van der Waals surface area contributed by atoms with Gasteiger partial charge in [-0.1, -0.05) is 54.6 Å². The molecule has 1 amide bonds. The van der Waals surface area contributed by atoms with Crippen LogP contribution in [0.1, 0.15) is 23.1 Å². The van der Waals surface area contributed by atoms with E-state index in [1.54, 1.807) is 19.1 Å². The fraction of sp³-hybridized carbons (Fsp3) is 0.321. The number of methoxy groups -OCH3 is 1. The highest BCUT2D eigenvalue weighted by molar-refractivity contribution is 5.71. The van der Waals surface area contributed by atoms with Crippen molar-refractivity contribution in [1.29, 1.82) is 0 Å². The standard InChI is InChI=1S/C28H32N2O3/c1-29(28(31)33-21-18-24-12-5-8-15-27(24)32-2)19-9-20-30-25-13-6-3-10-22(25)16-17-23-11-4-7-14-26(23)30/h3-8,10-15H,9,16-21H2,1-2H3. The van der Waals surface area contributed by atoms with Crippen molar-refractivity contribution < 1.29 is 14.3 Å². The van der Waals surface area contributed by atoms with E-state index in [-0.39, 0.29) is 6.09 Å². The Labute approximate surface area is 196 Å². The monoisotopic (exact) mass is 444 g/mol. The highest BCUT2D eigenvalue weighted by Crippen LogP contribution is 2.35. The van der Waals surface area contributed by atoms with Crippen LogP contribution in [0.15, 0.2) is 72.8 Å². The summed E-state index contributed by atoms with van der Waals surface area (Å²) in [4.78, 5) is 16.5. The number of aryl methyl sites for hydroxylation is 2. The second kappa shape index (κ2) is 10.9. The van der Waals surface area contributed by atoms with Gasteiger partial charge in [0.1, 0.15) is 5.75 Å². The van der Waals surface area contributed by atoms with E-state index in [0.29, 0.717) is 19.6 Å². The van der Waals surface area contributed by atoms with Crippen LogP contribution in [0.2, 0.25) is 0 Å². The molecule has 0 saturated heterocycles. The van der Waals surface area contributed by atoms with Gasteiger partial charge >= 0.3 is 6.09 Å². The predicted octanol–water partition coefficient (Wildman–Crippen LogP) is 5.63. The van der Waals surface area contributed by atoms with E-state index in [9.17, 15) is 4.79 Å². The van der Waals surface area contributed by atoms with Gasteiger partial charge in [0.25, 0.3) is 0 Å². The number of nitrogens with zero attached hydrogens (tertiary/aromatic N) is 2. The third kappa shape index (κ3) is 5.48. The Balaban J connectivity index is 1.32. The Bertz CT molecular complexity index is 1030. The zero-order valence-corrected chi connectivity index (χ0v) is 19.5. The summed E-state index contributed by atoms with van der Waals surface area (Å²) in [5.74, 6) is 0.819. The molecule has 1 aliphatic heterocycles. The van der Waals surface area contributed by atoms with E-state index in [1.807, 2.05) is 24.3 Å². The Morgan fingerprint density at radius 3 is 2.18 bits per heavy atom. The number of anilines is 2. The topological polar surface area (TPSA) is 42.0 Å². The summed E-state index contributed by atoms with van der Waals surface area (Å²) >= 11 is 0. The van der Waals surface area contributed by atoms with Gasteiger partial charge in [-0.25, -0.2) is 4.79 Å². The van der Waals surface area contributed by atoms with Crippen molar-refractivity contribution in [1.82, 2.24) is 4.90 Å². The zero-order valence-electron chi connectivity index (χ0n) is 19.5. The molecule has 1 heterocycles. The smallest absolute Gasteiger partial charge is 0.409 e. The number of amides is 1. The van der Waals surface area contributed by atoms with E-state index in [0.717, 1.165) is 37.1 Å². The molecule has 172 valence electrons. The van der Waals surface area contributed by atoms with Gasteiger partial charge in [0, 0.05) is 37.9 Å². The van der Waals surface area contributed by atoms with Crippen molar-refractivity contribution in [2.45, 2.75) is 25.7 Å². The molecule has 0 unspecified atom stereocenters. The third-order valence-electron chi connectivity index (χ3n) is 6.20. The largest absolute Gasteiger partial charge is 0.496 e. The lowest BCUT2D eigenvalue weighted by Gasteiger charge is -2.28. The van der Waals surface area contributed by atoms with Crippen LogP contribution in [0, 0.1) is 0 Å². The van der Waals surface area contributed by atoms with E-state index in [2.05, 4.69) is 53.4 Å². The van der Waals surface area contributed by atoms with Gasteiger partial charge in [0.2, 0.25) is 0 Å². The molecule has 0 aromatic heterocycles. The molecule has 0 bridgehead atoms. The number of carbonyl (C=O) groups is 1. The van der Waals surface area contributed by atoms with Crippen molar-refractivity contribution in [3.63, 3.8) is 0 Å². The fourth-order valence-electron chi connectivity index (χ4n) is 4.44. The summed E-state index contributed by atoms with van der Waals surface area (Å²) in [6.07, 6.45) is 3.28. The average molecular weight is 445 g/mol. The first-order chi connectivity index (χ1) is 16.2. The first kappa shape index (κ1) is 22.7. The van der Waals surface area contributed by atoms with Crippen LogP contribution in [0.5, 0.6) is 5.75 Å². The van der Waals surface area contributed by atoms with Gasteiger partial charge in [-0.3, -0.25) is 0 Å². The van der Waals surface area contributed by atoms with Crippen LogP contribution in [0.25, 0.3) is 0 Å². The summed E-state index contributed by atoms with van der Waals surface area (Å²) < 4.78 is 10.9. The molecule has 5 nitrogen and oxygen atoms in total. The van der Waals surface area contributed by atoms with E-state index in [4.69, 9.17) is 9.47 Å². The highest BCUT2D eigenvalue weighted by Gasteiger charge is 2.20. The minimum atomic E-state index is -0.290. The number of rotatable bonds is 8. The lowest BCUT2D eigenvalue weighted by Crippen LogP contribution is -2.31. The lowest BCUT2D eigenvalue weighted by molar-refractivity contribution is 0.112. The zero-order chi connectivity index (χ0) is 23.0. The Morgan fingerprint density at radius 1 is 0.909 bits per heavy atom. The number of hydrogen-bond acceptors (Lipinski definition) is 4. The van der Waals surface area contributed by atoms with Crippen LogP contribution in [-0.4, -0.2) is 44.8 Å². The van der Waals surface area contributed by atoms with Gasteiger partial charge in [0.15, 0.2) is 0 Å². The van der Waals surface area contributed by atoms with Gasteiger partial charge < -0.3 is 19.3 Å². The minimum absolute atomic E-state index is 0.290. The van der Waals surface area contributed by atoms with E-state index >= 15 is 0 Å². The Morgan fingerprint density at radius 2 is 1.52 bits per heavy atom. The van der Waals surface area contributed by atoms with Crippen LogP contribution >= 0.6 is 0 Å². The van der Waals surface area contributed by atoms with Crippen molar-refractivity contribution >= 4 is 17.5 Å². The molecule has 0 atom stereocenters. The van der Waals surface area contributed by atoms with Crippen LogP contribution in [0.4, 0.5) is 16.2 Å². The minimum Gasteiger partial charge on any atom is -0.496 e. The molecule has 0 radical (unpaired) electrons. The molecule has 0 aliphatic carbocycles. The van der Waals surface area contributed by atoms with Crippen molar-refractivity contribution in [3.8, 4) is 5.75 Å².